The highest BCUT2D eigenvalue weighted by Gasteiger charge is 2.01. The molecule has 0 aliphatic carbocycles. The summed E-state index contributed by atoms with van der Waals surface area (Å²) in [5, 5.41) is 0. The average molecular weight is 341 g/mol. The van der Waals surface area contributed by atoms with Crippen molar-refractivity contribution in [3.8, 4) is 0 Å². The van der Waals surface area contributed by atoms with E-state index in [1.807, 2.05) is 0 Å². The van der Waals surface area contributed by atoms with Gasteiger partial charge in [0.2, 0.25) is 0 Å². The summed E-state index contributed by atoms with van der Waals surface area (Å²) in [7, 11) is 1.61. The van der Waals surface area contributed by atoms with Crippen LogP contribution in [0, 0.1) is 0 Å². The Bertz CT molecular complexity index is 287. The Labute approximate surface area is 150 Å². The second kappa shape index (κ2) is 20.2. The summed E-state index contributed by atoms with van der Waals surface area (Å²) in [6.07, 6.45) is 21.8. The standard InChI is InChI=1S/C21H40O3/c1-3-4-5-6-7-8-9-10-11-12-13-14-15-16-17-18-21(22)24-20-19-23-2/h10-11H,3-9,12-20H2,1-2H3/b11-10+. The highest BCUT2D eigenvalue weighted by molar-refractivity contribution is 5.69. The molecule has 0 saturated heterocycles. The van der Waals surface area contributed by atoms with Crippen LogP contribution in [0.15, 0.2) is 12.2 Å². The van der Waals surface area contributed by atoms with Crippen molar-refractivity contribution >= 4 is 5.97 Å². The van der Waals surface area contributed by atoms with E-state index in [-0.39, 0.29) is 5.97 Å². The van der Waals surface area contributed by atoms with Crippen LogP contribution in [0.25, 0.3) is 0 Å². The molecule has 0 unspecified atom stereocenters. The molecule has 0 heterocycles. The molecule has 0 aliphatic rings. The van der Waals surface area contributed by atoms with Crippen molar-refractivity contribution < 1.29 is 14.3 Å². The van der Waals surface area contributed by atoms with Gasteiger partial charge in [-0.05, 0) is 32.1 Å². The van der Waals surface area contributed by atoms with Gasteiger partial charge in [-0.15, -0.1) is 0 Å². The van der Waals surface area contributed by atoms with Crippen LogP contribution < -0.4 is 0 Å². The summed E-state index contributed by atoms with van der Waals surface area (Å²) in [4.78, 5) is 11.4. The van der Waals surface area contributed by atoms with E-state index < -0.39 is 0 Å². The molecule has 0 rings (SSSR count). The topological polar surface area (TPSA) is 35.5 Å². The van der Waals surface area contributed by atoms with Crippen molar-refractivity contribution in [2.45, 2.75) is 96.8 Å². The number of unbranched alkanes of at least 4 members (excludes halogenated alkanes) is 11. The Morgan fingerprint density at radius 1 is 0.750 bits per heavy atom. The maximum absolute atomic E-state index is 11.4. The number of carbonyl (C=O) groups excluding carboxylic acids is 1. The number of methoxy groups -OCH3 is 1. The maximum Gasteiger partial charge on any atom is 0.305 e. The van der Waals surface area contributed by atoms with Crippen LogP contribution in [0.5, 0.6) is 0 Å². The second-order valence-electron chi connectivity index (χ2n) is 6.55. The van der Waals surface area contributed by atoms with E-state index in [0.29, 0.717) is 19.6 Å². The molecule has 0 N–H and O–H groups in total. The minimum atomic E-state index is -0.0929. The van der Waals surface area contributed by atoms with Gasteiger partial charge in [0.05, 0.1) is 6.61 Å². The van der Waals surface area contributed by atoms with E-state index in [4.69, 9.17) is 9.47 Å². The predicted molar refractivity (Wildman–Crippen MR) is 102 cm³/mol. The third-order valence-electron chi connectivity index (χ3n) is 4.19. The van der Waals surface area contributed by atoms with E-state index in [0.717, 1.165) is 12.8 Å². The van der Waals surface area contributed by atoms with Crippen LogP contribution in [-0.4, -0.2) is 26.3 Å². The lowest BCUT2D eigenvalue weighted by Crippen LogP contribution is -2.09. The Kier molecular flexibility index (Phi) is 19.5. The van der Waals surface area contributed by atoms with Gasteiger partial charge >= 0.3 is 5.97 Å². The van der Waals surface area contributed by atoms with E-state index in [1.54, 1.807) is 7.11 Å². The van der Waals surface area contributed by atoms with Crippen molar-refractivity contribution in [2.24, 2.45) is 0 Å². The van der Waals surface area contributed by atoms with Gasteiger partial charge in [-0.25, -0.2) is 0 Å². The van der Waals surface area contributed by atoms with Crippen LogP contribution in [0.3, 0.4) is 0 Å². The van der Waals surface area contributed by atoms with Crippen molar-refractivity contribution in [3.05, 3.63) is 12.2 Å². The largest absolute Gasteiger partial charge is 0.463 e. The van der Waals surface area contributed by atoms with Gasteiger partial charge in [0, 0.05) is 13.5 Å². The van der Waals surface area contributed by atoms with Crippen LogP contribution in [0.2, 0.25) is 0 Å². The van der Waals surface area contributed by atoms with Crippen LogP contribution >= 0.6 is 0 Å². The third-order valence-corrected chi connectivity index (χ3v) is 4.19. The lowest BCUT2D eigenvalue weighted by atomic mass is 10.1. The van der Waals surface area contributed by atoms with Crippen molar-refractivity contribution in [2.75, 3.05) is 20.3 Å². The lowest BCUT2D eigenvalue weighted by molar-refractivity contribution is -0.145. The first-order valence-corrected chi connectivity index (χ1v) is 10.1. The second-order valence-corrected chi connectivity index (χ2v) is 6.55. The van der Waals surface area contributed by atoms with E-state index in [1.165, 1.54) is 70.6 Å². The number of esters is 1. The van der Waals surface area contributed by atoms with Gasteiger partial charge in [0.25, 0.3) is 0 Å². The van der Waals surface area contributed by atoms with E-state index in [2.05, 4.69) is 19.1 Å². The number of allylic oxidation sites excluding steroid dienone is 2. The molecule has 0 atom stereocenters. The number of carbonyl (C=O) groups is 1. The minimum absolute atomic E-state index is 0.0929. The molecule has 0 spiro atoms. The predicted octanol–water partition coefficient (Wildman–Crippen LogP) is 6.21. The summed E-state index contributed by atoms with van der Waals surface area (Å²) in [6, 6.07) is 0. The summed E-state index contributed by atoms with van der Waals surface area (Å²) in [5.74, 6) is -0.0929. The minimum Gasteiger partial charge on any atom is -0.463 e. The maximum atomic E-state index is 11.4. The zero-order chi connectivity index (χ0) is 17.7. The molecule has 0 amide bonds. The number of rotatable bonds is 18. The van der Waals surface area contributed by atoms with Crippen molar-refractivity contribution in [1.29, 1.82) is 0 Å². The van der Waals surface area contributed by atoms with Gasteiger partial charge in [-0.2, -0.15) is 0 Å². The summed E-state index contributed by atoms with van der Waals surface area (Å²) < 4.78 is 9.87. The van der Waals surface area contributed by atoms with Crippen LogP contribution in [-0.2, 0) is 14.3 Å². The molecule has 0 aromatic heterocycles. The van der Waals surface area contributed by atoms with Gasteiger partial charge in [-0.1, -0.05) is 70.4 Å². The zero-order valence-corrected chi connectivity index (χ0v) is 16.2. The Hall–Kier alpha value is -0.830. The monoisotopic (exact) mass is 340 g/mol. The third kappa shape index (κ3) is 19.2. The van der Waals surface area contributed by atoms with E-state index >= 15 is 0 Å². The average Bonchev–Trinajstić information content (AvgIpc) is 2.58. The zero-order valence-electron chi connectivity index (χ0n) is 16.2. The van der Waals surface area contributed by atoms with Gasteiger partial charge in [-0.3, -0.25) is 4.79 Å². The van der Waals surface area contributed by atoms with Crippen LogP contribution in [0.1, 0.15) is 96.8 Å². The molecule has 0 bridgehead atoms. The summed E-state index contributed by atoms with van der Waals surface area (Å²) in [5.41, 5.74) is 0. The Morgan fingerprint density at radius 3 is 1.88 bits per heavy atom. The fourth-order valence-corrected chi connectivity index (χ4v) is 2.65. The number of hydrogen-bond acceptors (Lipinski definition) is 3. The molecule has 24 heavy (non-hydrogen) atoms. The summed E-state index contributed by atoms with van der Waals surface area (Å²) >= 11 is 0. The molecule has 0 aromatic rings. The quantitative estimate of drug-likeness (QED) is 0.169. The molecular weight excluding hydrogens is 300 g/mol. The van der Waals surface area contributed by atoms with Crippen molar-refractivity contribution in [1.82, 2.24) is 0 Å². The highest BCUT2D eigenvalue weighted by atomic mass is 16.6. The summed E-state index contributed by atoms with van der Waals surface area (Å²) in [6.45, 7) is 3.12. The molecule has 0 saturated carbocycles. The molecule has 3 heteroatoms. The highest BCUT2D eigenvalue weighted by Crippen LogP contribution is 2.10. The van der Waals surface area contributed by atoms with Gasteiger partial charge < -0.3 is 9.47 Å². The van der Waals surface area contributed by atoms with Gasteiger partial charge in [0.1, 0.15) is 6.61 Å². The number of ether oxygens (including phenoxy) is 2. The van der Waals surface area contributed by atoms with Crippen molar-refractivity contribution in [3.63, 3.8) is 0 Å². The van der Waals surface area contributed by atoms with Crippen LogP contribution in [0.4, 0.5) is 0 Å². The molecule has 142 valence electrons. The molecule has 3 nitrogen and oxygen atoms in total. The first-order chi connectivity index (χ1) is 11.8. The Morgan fingerprint density at radius 2 is 1.29 bits per heavy atom. The van der Waals surface area contributed by atoms with E-state index in [9.17, 15) is 4.79 Å². The molecule has 0 radical (unpaired) electrons. The SMILES string of the molecule is CCCCCCCC/C=C/CCCCCCCC(=O)OCCOC. The smallest absolute Gasteiger partial charge is 0.305 e. The molecule has 0 aliphatic heterocycles. The lowest BCUT2D eigenvalue weighted by Gasteiger charge is -2.03. The normalized spacial score (nSPS) is 11.2. The molecule has 0 fully saturated rings. The Balaban J connectivity index is 3.16. The number of hydrogen-bond donors (Lipinski definition) is 0. The fraction of sp³-hybridized carbons (Fsp3) is 0.857. The first-order valence-electron chi connectivity index (χ1n) is 10.1. The first kappa shape index (κ1) is 23.2. The molecular formula is C21H40O3. The fourth-order valence-electron chi connectivity index (χ4n) is 2.65. The van der Waals surface area contributed by atoms with Gasteiger partial charge in [0.15, 0.2) is 0 Å². The molecule has 0 aromatic carbocycles.